The fraction of sp³-hybridized carbons (Fsp3) is 0.167. The number of anilines is 1. The van der Waals surface area contributed by atoms with Gasteiger partial charge in [-0.3, -0.25) is 4.79 Å². The predicted octanol–water partition coefficient (Wildman–Crippen LogP) is 3.83. The van der Waals surface area contributed by atoms with Crippen molar-refractivity contribution in [2.45, 2.75) is 6.61 Å². The van der Waals surface area contributed by atoms with E-state index < -0.39 is 18.5 Å². The molecule has 0 unspecified atom stereocenters. The minimum absolute atomic E-state index is 0.299. The molecule has 31 heavy (non-hydrogen) atoms. The number of carbonyl (C=O) groups is 2. The Morgan fingerprint density at radius 1 is 0.742 bits per heavy atom. The first-order valence-corrected chi connectivity index (χ1v) is 9.61. The fourth-order valence-corrected chi connectivity index (χ4v) is 2.57. The number of hydrogen-bond acceptors (Lipinski definition) is 6. The molecule has 0 fully saturated rings. The third-order valence-electron chi connectivity index (χ3n) is 4.17. The van der Waals surface area contributed by atoms with Crippen LogP contribution in [0.15, 0.2) is 78.9 Å². The normalized spacial score (nSPS) is 10.1. The lowest BCUT2D eigenvalue weighted by molar-refractivity contribution is -0.149. The molecule has 1 amide bonds. The molecule has 0 heterocycles. The number of rotatable bonds is 10. The molecule has 0 atom stereocenters. The molecule has 0 saturated carbocycles. The third-order valence-corrected chi connectivity index (χ3v) is 4.17. The van der Waals surface area contributed by atoms with Crippen molar-refractivity contribution in [2.24, 2.45) is 0 Å². The number of ether oxygens (including phenoxy) is 4. The van der Waals surface area contributed by atoms with Gasteiger partial charge in [0.05, 0.1) is 7.11 Å². The second kappa shape index (κ2) is 11.3. The second-order valence-electron chi connectivity index (χ2n) is 6.47. The van der Waals surface area contributed by atoms with Gasteiger partial charge in [-0.1, -0.05) is 30.3 Å². The minimum Gasteiger partial charge on any atom is -0.497 e. The maximum atomic E-state index is 12.0. The summed E-state index contributed by atoms with van der Waals surface area (Å²) in [5.74, 6) is 0.773. The van der Waals surface area contributed by atoms with Gasteiger partial charge in [-0.15, -0.1) is 0 Å². The van der Waals surface area contributed by atoms with Gasteiger partial charge in [0.25, 0.3) is 5.91 Å². The number of carbonyl (C=O) groups excluding carboxylic acids is 2. The molecule has 0 radical (unpaired) electrons. The largest absolute Gasteiger partial charge is 0.497 e. The number of esters is 1. The summed E-state index contributed by atoms with van der Waals surface area (Å²) in [6, 6.07) is 23.5. The maximum absolute atomic E-state index is 12.0. The lowest BCUT2D eigenvalue weighted by Crippen LogP contribution is -2.23. The summed E-state index contributed by atoms with van der Waals surface area (Å²) in [4.78, 5) is 23.7. The van der Waals surface area contributed by atoms with Crippen LogP contribution in [0.1, 0.15) is 5.56 Å². The molecule has 0 aliphatic rings. The highest BCUT2D eigenvalue weighted by atomic mass is 16.6. The lowest BCUT2D eigenvalue weighted by atomic mass is 10.2. The molecule has 3 aromatic rings. The average Bonchev–Trinajstić information content (AvgIpc) is 2.82. The highest BCUT2D eigenvalue weighted by molar-refractivity contribution is 5.92. The van der Waals surface area contributed by atoms with Crippen LogP contribution in [0.4, 0.5) is 5.69 Å². The summed E-state index contributed by atoms with van der Waals surface area (Å²) in [6.07, 6.45) is 0. The van der Waals surface area contributed by atoms with Crippen molar-refractivity contribution in [1.29, 1.82) is 0 Å². The summed E-state index contributed by atoms with van der Waals surface area (Å²) in [6.45, 7) is -0.245. The van der Waals surface area contributed by atoms with Gasteiger partial charge in [0.1, 0.15) is 23.9 Å². The highest BCUT2D eigenvalue weighted by Crippen LogP contribution is 2.18. The lowest BCUT2D eigenvalue weighted by Gasteiger charge is -2.09. The van der Waals surface area contributed by atoms with Crippen molar-refractivity contribution in [3.63, 3.8) is 0 Å². The zero-order valence-electron chi connectivity index (χ0n) is 17.1. The maximum Gasteiger partial charge on any atom is 0.344 e. The average molecular weight is 421 g/mol. The minimum atomic E-state index is -0.643. The summed E-state index contributed by atoms with van der Waals surface area (Å²) in [5, 5.41) is 2.66. The first kappa shape index (κ1) is 21.7. The molecule has 0 aliphatic carbocycles. The molecule has 1 N–H and O–H groups in total. The van der Waals surface area contributed by atoms with Crippen LogP contribution >= 0.6 is 0 Å². The molecule has 7 nitrogen and oxygen atoms in total. The van der Waals surface area contributed by atoms with Gasteiger partial charge in [-0.25, -0.2) is 4.79 Å². The molecule has 7 heteroatoms. The van der Waals surface area contributed by atoms with Crippen molar-refractivity contribution in [2.75, 3.05) is 25.6 Å². The quantitative estimate of drug-likeness (QED) is 0.501. The number of benzene rings is 3. The molecule has 0 spiro atoms. The van der Waals surface area contributed by atoms with E-state index in [0.717, 1.165) is 5.56 Å². The van der Waals surface area contributed by atoms with Crippen LogP contribution < -0.4 is 19.5 Å². The Morgan fingerprint density at radius 2 is 1.35 bits per heavy atom. The monoisotopic (exact) mass is 421 g/mol. The second-order valence-corrected chi connectivity index (χ2v) is 6.47. The van der Waals surface area contributed by atoms with E-state index in [9.17, 15) is 9.59 Å². The zero-order chi connectivity index (χ0) is 21.9. The Morgan fingerprint density at radius 3 is 2.03 bits per heavy atom. The molecule has 0 saturated heterocycles. The van der Waals surface area contributed by atoms with Gasteiger partial charge < -0.3 is 24.3 Å². The highest BCUT2D eigenvalue weighted by Gasteiger charge is 2.09. The van der Waals surface area contributed by atoms with Crippen LogP contribution in [0.25, 0.3) is 0 Å². The first-order valence-electron chi connectivity index (χ1n) is 9.61. The standard InChI is InChI=1S/C24H23NO6/c1-28-20-11-13-22(14-12-20)30-17-24(27)31-16-23(26)25-19-7-9-21(10-8-19)29-15-18-5-3-2-4-6-18/h2-14H,15-17H2,1H3,(H,25,26). The van der Waals surface area contributed by atoms with Crippen LogP contribution in [0.5, 0.6) is 17.2 Å². The van der Waals surface area contributed by atoms with Crippen LogP contribution in [-0.2, 0) is 20.9 Å². The number of amides is 1. The molecule has 0 bridgehead atoms. The topological polar surface area (TPSA) is 83.1 Å². The van der Waals surface area contributed by atoms with Crippen molar-refractivity contribution in [1.82, 2.24) is 0 Å². The molecule has 0 aromatic heterocycles. The Kier molecular flexibility index (Phi) is 7.88. The molecule has 3 aromatic carbocycles. The van der Waals surface area contributed by atoms with E-state index in [0.29, 0.717) is 29.5 Å². The van der Waals surface area contributed by atoms with E-state index in [1.165, 1.54) is 0 Å². The van der Waals surface area contributed by atoms with Crippen LogP contribution in [0, 0.1) is 0 Å². The van der Waals surface area contributed by atoms with E-state index in [4.69, 9.17) is 18.9 Å². The third kappa shape index (κ3) is 7.40. The molecule has 160 valence electrons. The number of methoxy groups -OCH3 is 1. The van der Waals surface area contributed by atoms with Gasteiger partial charge in [0, 0.05) is 5.69 Å². The molecular weight excluding hydrogens is 398 g/mol. The Bertz CT molecular complexity index is 971. The van der Waals surface area contributed by atoms with Gasteiger partial charge in [0.15, 0.2) is 13.2 Å². The summed E-state index contributed by atoms with van der Waals surface area (Å²) >= 11 is 0. The molecule has 3 rings (SSSR count). The van der Waals surface area contributed by atoms with Gasteiger partial charge in [-0.05, 0) is 54.1 Å². The zero-order valence-corrected chi connectivity index (χ0v) is 17.1. The first-order chi connectivity index (χ1) is 15.1. The molecular formula is C24H23NO6. The summed E-state index contributed by atoms with van der Waals surface area (Å²) < 4.78 is 21.0. The smallest absolute Gasteiger partial charge is 0.344 e. The Balaban J connectivity index is 1.36. The van der Waals surface area contributed by atoms with Crippen molar-refractivity contribution in [3.8, 4) is 17.2 Å². The number of nitrogens with one attached hydrogen (secondary N) is 1. The van der Waals surface area contributed by atoms with Crippen LogP contribution in [0.3, 0.4) is 0 Å². The van der Waals surface area contributed by atoms with E-state index >= 15 is 0 Å². The number of hydrogen-bond donors (Lipinski definition) is 1. The SMILES string of the molecule is COc1ccc(OCC(=O)OCC(=O)Nc2ccc(OCc3ccccc3)cc2)cc1. The van der Waals surface area contributed by atoms with Crippen molar-refractivity contribution >= 4 is 17.6 Å². The summed E-state index contributed by atoms with van der Waals surface area (Å²) in [7, 11) is 1.56. The van der Waals surface area contributed by atoms with E-state index in [1.807, 2.05) is 30.3 Å². The van der Waals surface area contributed by atoms with Crippen molar-refractivity contribution < 1.29 is 28.5 Å². The Hall–Kier alpha value is -4.00. The van der Waals surface area contributed by atoms with E-state index in [2.05, 4.69) is 5.32 Å². The van der Waals surface area contributed by atoms with Crippen LogP contribution in [-0.4, -0.2) is 32.2 Å². The fourth-order valence-electron chi connectivity index (χ4n) is 2.57. The van der Waals surface area contributed by atoms with Crippen LogP contribution in [0.2, 0.25) is 0 Å². The van der Waals surface area contributed by atoms with Gasteiger partial charge in [0.2, 0.25) is 0 Å². The van der Waals surface area contributed by atoms with Gasteiger partial charge >= 0.3 is 5.97 Å². The van der Waals surface area contributed by atoms with Crippen molar-refractivity contribution in [3.05, 3.63) is 84.4 Å². The molecule has 0 aliphatic heterocycles. The van der Waals surface area contributed by atoms with Gasteiger partial charge in [-0.2, -0.15) is 0 Å². The van der Waals surface area contributed by atoms with E-state index in [1.54, 1.807) is 55.6 Å². The Labute approximate surface area is 180 Å². The summed E-state index contributed by atoms with van der Waals surface area (Å²) in [5.41, 5.74) is 1.64. The predicted molar refractivity (Wildman–Crippen MR) is 115 cm³/mol. The van der Waals surface area contributed by atoms with E-state index in [-0.39, 0.29) is 6.61 Å².